The van der Waals surface area contributed by atoms with Crippen LogP contribution in [0.5, 0.6) is 5.75 Å². The summed E-state index contributed by atoms with van der Waals surface area (Å²) in [6.07, 6.45) is 0. The lowest BCUT2D eigenvalue weighted by Crippen LogP contribution is -2.33. The molecule has 1 aliphatic rings. The number of hydrogen-bond acceptors (Lipinski definition) is 2. The van der Waals surface area contributed by atoms with Crippen LogP contribution in [0.3, 0.4) is 0 Å². The van der Waals surface area contributed by atoms with Gasteiger partial charge in [0.2, 0.25) is 5.91 Å². The second-order valence-corrected chi connectivity index (χ2v) is 4.27. The van der Waals surface area contributed by atoms with Crippen LogP contribution in [-0.4, -0.2) is 12.5 Å². The number of amides is 1. The molecule has 1 heterocycles. The minimum atomic E-state index is -0.602. The Kier molecular flexibility index (Phi) is 2.14. The number of halogens is 1. The molecule has 0 fully saturated rings. The summed E-state index contributed by atoms with van der Waals surface area (Å²) < 4.78 is 18.3. The third kappa shape index (κ3) is 1.79. The molecular formula is C11H12FNO2. The van der Waals surface area contributed by atoms with Crippen LogP contribution in [0.4, 0.5) is 10.1 Å². The fourth-order valence-electron chi connectivity index (χ4n) is 1.33. The van der Waals surface area contributed by atoms with Crippen LogP contribution in [0.25, 0.3) is 0 Å². The minimum absolute atomic E-state index is 0.118. The molecule has 0 spiro atoms. The van der Waals surface area contributed by atoms with Crippen molar-refractivity contribution in [3.8, 4) is 5.75 Å². The Morgan fingerprint density at radius 2 is 2.20 bits per heavy atom. The van der Waals surface area contributed by atoms with Crippen LogP contribution in [-0.2, 0) is 4.79 Å². The van der Waals surface area contributed by atoms with E-state index in [2.05, 4.69) is 5.32 Å². The highest BCUT2D eigenvalue weighted by molar-refractivity contribution is 5.96. The summed E-state index contributed by atoms with van der Waals surface area (Å²) in [6.45, 7) is 3.81. The molecule has 0 bridgehead atoms. The average Bonchev–Trinajstić information content (AvgIpc) is 2.27. The smallest absolute Gasteiger partial charge is 0.233 e. The molecule has 3 nitrogen and oxygen atoms in total. The Morgan fingerprint density at radius 1 is 1.47 bits per heavy atom. The van der Waals surface area contributed by atoms with Gasteiger partial charge in [0.15, 0.2) is 0 Å². The minimum Gasteiger partial charge on any atom is -0.490 e. The van der Waals surface area contributed by atoms with Crippen molar-refractivity contribution >= 4 is 11.6 Å². The number of benzene rings is 1. The zero-order chi connectivity index (χ0) is 11.1. The van der Waals surface area contributed by atoms with Crippen molar-refractivity contribution in [2.24, 2.45) is 5.41 Å². The van der Waals surface area contributed by atoms with E-state index in [-0.39, 0.29) is 18.3 Å². The van der Waals surface area contributed by atoms with Crippen LogP contribution in [0, 0.1) is 11.2 Å². The van der Waals surface area contributed by atoms with Crippen molar-refractivity contribution in [1.82, 2.24) is 0 Å². The van der Waals surface area contributed by atoms with Gasteiger partial charge < -0.3 is 10.1 Å². The molecule has 0 aliphatic carbocycles. The molecule has 0 saturated heterocycles. The third-order valence-electron chi connectivity index (χ3n) is 2.40. The number of rotatable bonds is 0. The molecule has 2 rings (SSSR count). The van der Waals surface area contributed by atoms with Gasteiger partial charge in [0.1, 0.15) is 18.2 Å². The summed E-state index contributed by atoms with van der Waals surface area (Å²) in [5.41, 5.74) is -0.0813. The van der Waals surface area contributed by atoms with E-state index < -0.39 is 5.41 Å². The molecular weight excluding hydrogens is 197 g/mol. The van der Waals surface area contributed by atoms with E-state index in [9.17, 15) is 9.18 Å². The summed E-state index contributed by atoms with van der Waals surface area (Å²) in [5, 5.41) is 2.71. The first-order valence-electron chi connectivity index (χ1n) is 4.73. The molecule has 1 amide bonds. The van der Waals surface area contributed by atoms with Crippen molar-refractivity contribution in [2.75, 3.05) is 11.9 Å². The molecule has 0 unspecified atom stereocenters. The number of carbonyl (C=O) groups is 1. The fourth-order valence-corrected chi connectivity index (χ4v) is 1.33. The van der Waals surface area contributed by atoms with Gasteiger partial charge in [-0.15, -0.1) is 0 Å². The van der Waals surface area contributed by atoms with E-state index in [4.69, 9.17) is 4.74 Å². The summed E-state index contributed by atoms with van der Waals surface area (Å²) in [4.78, 5) is 11.7. The highest BCUT2D eigenvalue weighted by Crippen LogP contribution is 2.32. The van der Waals surface area contributed by atoms with E-state index >= 15 is 0 Å². The number of fused-ring (bicyclic) bond motifs is 1. The first kappa shape index (κ1) is 9.96. The number of hydrogen-bond donors (Lipinski definition) is 1. The van der Waals surface area contributed by atoms with Crippen molar-refractivity contribution in [2.45, 2.75) is 13.8 Å². The SMILES string of the molecule is CC1(C)COc2cc(F)ccc2NC1=O. The lowest BCUT2D eigenvalue weighted by molar-refractivity contribution is -0.124. The third-order valence-corrected chi connectivity index (χ3v) is 2.40. The van der Waals surface area contributed by atoms with Gasteiger partial charge in [0, 0.05) is 6.07 Å². The van der Waals surface area contributed by atoms with Crippen molar-refractivity contribution in [1.29, 1.82) is 0 Å². The maximum absolute atomic E-state index is 12.9. The maximum Gasteiger partial charge on any atom is 0.233 e. The Balaban J connectivity index is 2.40. The van der Waals surface area contributed by atoms with E-state index in [1.165, 1.54) is 18.2 Å². The van der Waals surface area contributed by atoms with Gasteiger partial charge in [-0.1, -0.05) is 0 Å². The topological polar surface area (TPSA) is 38.3 Å². The van der Waals surface area contributed by atoms with Crippen LogP contribution in [0.1, 0.15) is 13.8 Å². The lowest BCUT2D eigenvalue weighted by Gasteiger charge is -2.18. The quantitative estimate of drug-likeness (QED) is 0.711. The van der Waals surface area contributed by atoms with Gasteiger partial charge in [0.25, 0.3) is 0 Å². The molecule has 15 heavy (non-hydrogen) atoms. The number of nitrogens with one attached hydrogen (secondary N) is 1. The van der Waals surface area contributed by atoms with Gasteiger partial charge in [-0.2, -0.15) is 0 Å². The molecule has 1 aromatic carbocycles. The highest BCUT2D eigenvalue weighted by atomic mass is 19.1. The fraction of sp³-hybridized carbons (Fsp3) is 0.364. The van der Waals surface area contributed by atoms with Crippen LogP contribution in [0.2, 0.25) is 0 Å². The van der Waals surface area contributed by atoms with Crippen LogP contribution < -0.4 is 10.1 Å². The number of anilines is 1. The Bertz CT molecular complexity index is 415. The predicted molar refractivity (Wildman–Crippen MR) is 54.3 cm³/mol. The first-order chi connectivity index (χ1) is 6.99. The summed E-state index contributed by atoms with van der Waals surface area (Å²) in [7, 11) is 0. The zero-order valence-electron chi connectivity index (χ0n) is 8.63. The van der Waals surface area contributed by atoms with Crippen LogP contribution >= 0.6 is 0 Å². The molecule has 1 aliphatic heterocycles. The van der Waals surface area contributed by atoms with E-state index in [1.807, 2.05) is 0 Å². The normalized spacial score (nSPS) is 18.5. The molecule has 1 N–H and O–H groups in total. The summed E-state index contributed by atoms with van der Waals surface area (Å²) >= 11 is 0. The van der Waals surface area contributed by atoms with Crippen molar-refractivity contribution in [3.63, 3.8) is 0 Å². The molecule has 0 aromatic heterocycles. The number of carbonyl (C=O) groups excluding carboxylic acids is 1. The average molecular weight is 209 g/mol. The first-order valence-corrected chi connectivity index (χ1v) is 4.73. The predicted octanol–water partition coefficient (Wildman–Crippen LogP) is 2.18. The Morgan fingerprint density at radius 3 is 2.93 bits per heavy atom. The molecule has 0 saturated carbocycles. The van der Waals surface area contributed by atoms with E-state index in [1.54, 1.807) is 13.8 Å². The zero-order valence-corrected chi connectivity index (χ0v) is 8.63. The van der Waals surface area contributed by atoms with Gasteiger partial charge in [0.05, 0.1) is 11.1 Å². The summed E-state index contributed by atoms with van der Waals surface area (Å²) in [5.74, 6) is -0.107. The van der Waals surface area contributed by atoms with Crippen LogP contribution in [0.15, 0.2) is 18.2 Å². The second-order valence-electron chi connectivity index (χ2n) is 4.27. The Hall–Kier alpha value is -1.58. The second kappa shape index (κ2) is 3.22. The van der Waals surface area contributed by atoms with Gasteiger partial charge in [-0.05, 0) is 26.0 Å². The largest absolute Gasteiger partial charge is 0.490 e. The molecule has 0 radical (unpaired) electrons. The number of ether oxygens (including phenoxy) is 1. The van der Waals surface area contributed by atoms with E-state index in [0.29, 0.717) is 11.4 Å². The monoisotopic (exact) mass is 209 g/mol. The molecule has 0 atom stereocenters. The molecule has 1 aromatic rings. The molecule has 80 valence electrons. The Labute approximate surface area is 87.2 Å². The standard InChI is InChI=1S/C11H12FNO2/c1-11(2)6-15-9-5-7(12)3-4-8(9)13-10(11)14/h3-5H,6H2,1-2H3,(H,13,14). The van der Waals surface area contributed by atoms with Gasteiger partial charge in [-0.3, -0.25) is 4.79 Å². The van der Waals surface area contributed by atoms with Gasteiger partial charge in [-0.25, -0.2) is 4.39 Å². The highest BCUT2D eigenvalue weighted by Gasteiger charge is 2.32. The van der Waals surface area contributed by atoms with Crippen molar-refractivity contribution in [3.05, 3.63) is 24.0 Å². The maximum atomic E-state index is 12.9. The molecule has 4 heteroatoms. The van der Waals surface area contributed by atoms with E-state index in [0.717, 1.165) is 0 Å². The van der Waals surface area contributed by atoms with Gasteiger partial charge >= 0.3 is 0 Å². The van der Waals surface area contributed by atoms with Crippen molar-refractivity contribution < 1.29 is 13.9 Å². The lowest BCUT2D eigenvalue weighted by atomic mass is 9.94. The summed E-state index contributed by atoms with van der Waals surface area (Å²) in [6, 6.07) is 4.07.